The molecule has 4 N–H and O–H groups in total. The van der Waals surface area contributed by atoms with Crippen LogP contribution in [0.2, 0.25) is 0 Å². The van der Waals surface area contributed by atoms with Crippen LogP contribution in [0.3, 0.4) is 0 Å². The Labute approximate surface area is 184 Å². The third-order valence-electron chi connectivity index (χ3n) is 5.75. The molecule has 0 unspecified atom stereocenters. The van der Waals surface area contributed by atoms with Gasteiger partial charge in [-0.3, -0.25) is 4.79 Å². The maximum Gasteiger partial charge on any atom is 0.407 e. The van der Waals surface area contributed by atoms with Crippen molar-refractivity contribution in [3.8, 4) is 0 Å². The summed E-state index contributed by atoms with van der Waals surface area (Å²) in [6, 6.07) is 7.75. The molecule has 0 bridgehead atoms. The lowest BCUT2D eigenvalue weighted by Gasteiger charge is -2.29. The van der Waals surface area contributed by atoms with Gasteiger partial charge in [0.25, 0.3) is 5.91 Å². The summed E-state index contributed by atoms with van der Waals surface area (Å²) in [5.74, 6) is 0.822. The Balaban J connectivity index is 1.27. The monoisotopic (exact) mass is 439 g/mol. The predicted molar refractivity (Wildman–Crippen MR) is 120 cm³/mol. The number of piperidine rings is 1. The van der Waals surface area contributed by atoms with Crippen LogP contribution in [0.1, 0.15) is 40.3 Å². The third-order valence-corrected chi connectivity index (χ3v) is 6.64. The first-order chi connectivity index (χ1) is 15.0. The Bertz CT molecular complexity index is 1090. The predicted octanol–water partition coefficient (Wildman–Crippen LogP) is 3.53. The van der Waals surface area contributed by atoms with Crippen LogP contribution >= 0.6 is 11.3 Å². The summed E-state index contributed by atoms with van der Waals surface area (Å²) in [5.41, 5.74) is 7.79. The molecule has 162 valence electrons. The zero-order chi connectivity index (χ0) is 21.8. The van der Waals surface area contributed by atoms with Crippen LogP contribution in [-0.4, -0.2) is 45.1 Å². The number of amides is 2. The lowest BCUT2D eigenvalue weighted by Crippen LogP contribution is -2.37. The van der Waals surface area contributed by atoms with Crippen LogP contribution in [0, 0.1) is 5.92 Å². The van der Waals surface area contributed by atoms with Crippen molar-refractivity contribution < 1.29 is 14.7 Å². The Morgan fingerprint density at radius 1 is 1.26 bits per heavy atom. The molecule has 3 heterocycles. The second kappa shape index (κ2) is 9.30. The van der Waals surface area contributed by atoms with Crippen LogP contribution in [0.4, 0.5) is 10.6 Å². The van der Waals surface area contributed by atoms with Gasteiger partial charge in [0.1, 0.15) is 5.82 Å². The van der Waals surface area contributed by atoms with Crippen molar-refractivity contribution in [3.63, 3.8) is 0 Å². The number of carbonyl (C=O) groups is 2. The second-order valence-electron chi connectivity index (χ2n) is 7.83. The Morgan fingerprint density at radius 2 is 2.06 bits per heavy atom. The molecule has 0 atom stereocenters. The number of carboxylic acid groups (broad SMARTS) is 1. The number of fused-ring (bicyclic) bond motifs is 1. The minimum atomic E-state index is -0.835. The summed E-state index contributed by atoms with van der Waals surface area (Å²) < 4.78 is 0. The molecule has 0 radical (unpaired) electrons. The Morgan fingerprint density at radius 3 is 2.84 bits per heavy atom. The van der Waals surface area contributed by atoms with E-state index in [0.29, 0.717) is 36.4 Å². The number of hydrogen-bond acceptors (Lipinski definition) is 6. The highest BCUT2D eigenvalue weighted by Crippen LogP contribution is 2.23. The number of aryl methyl sites for hydroxylation is 1. The lowest BCUT2D eigenvalue weighted by atomic mass is 9.92. The summed E-state index contributed by atoms with van der Waals surface area (Å²) >= 11 is 1.35. The number of likely N-dealkylation sites (tertiary alicyclic amines) is 1. The Hall–Kier alpha value is -3.20. The van der Waals surface area contributed by atoms with E-state index < -0.39 is 6.09 Å². The van der Waals surface area contributed by atoms with Gasteiger partial charge in [-0.05, 0) is 54.7 Å². The molecule has 4 rings (SSSR count). The van der Waals surface area contributed by atoms with Crippen molar-refractivity contribution in [3.05, 3.63) is 52.1 Å². The first-order valence-corrected chi connectivity index (χ1v) is 11.2. The fourth-order valence-electron chi connectivity index (χ4n) is 3.91. The van der Waals surface area contributed by atoms with Crippen LogP contribution in [0.5, 0.6) is 0 Å². The van der Waals surface area contributed by atoms with Crippen LogP contribution in [0.15, 0.2) is 35.8 Å². The Kier molecular flexibility index (Phi) is 6.31. The van der Waals surface area contributed by atoms with Crippen molar-refractivity contribution in [1.29, 1.82) is 0 Å². The molecule has 1 aromatic carbocycles. The summed E-state index contributed by atoms with van der Waals surface area (Å²) in [6.07, 6.45) is 4.38. The van der Waals surface area contributed by atoms with Gasteiger partial charge >= 0.3 is 6.09 Å². The molecule has 9 heteroatoms. The van der Waals surface area contributed by atoms with E-state index in [1.807, 2.05) is 29.6 Å². The first kappa shape index (κ1) is 21.0. The fraction of sp³-hybridized carbons (Fsp3) is 0.364. The third kappa shape index (κ3) is 5.11. The minimum absolute atomic E-state index is 0.180. The molecule has 0 spiro atoms. The SMILES string of the molecule is Nc1nccc2cc(CNC(=O)c3nc(CCC4CCN(C(=O)O)CC4)cs3)ccc12. The highest BCUT2D eigenvalue weighted by molar-refractivity contribution is 7.11. The van der Waals surface area contributed by atoms with E-state index in [2.05, 4.69) is 15.3 Å². The average Bonchev–Trinajstić information content (AvgIpc) is 3.25. The number of benzene rings is 1. The molecule has 0 saturated carbocycles. The topological polar surface area (TPSA) is 121 Å². The van der Waals surface area contributed by atoms with Gasteiger partial charge in [-0.2, -0.15) is 0 Å². The van der Waals surface area contributed by atoms with Gasteiger partial charge in [-0.1, -0.05) is 12.1 Å². The van der Waals surface area contributed by atoms with E-state index in [1.165, 1.54) is 16.2 Å². The van der Waals surface area contributed by atoms with E-state index in [0.717, 1.165) is 47.7 Å². The highest BCUT2D eigenvalue weighted by Gasteiger charge is 2.22. The van der Waals surface area contributed by atoms with Gasteiger partial charge in [0.05, 0.1) is 5.69 Å². The quantitative estimate of drug-likeness (QED) is 0.540. The number of nitrogens with two attached hydrogens (primary N) is 1. The van der Waals surface area contributed by atoms with Crippen molar-refractivity contribution >= 4 is 39.9 Å². The number of nitrogens with one attached hydrogen (secondary N) is 1. The number of nitrogen functional groups attached to an aromatic ring is 1. The van der Waals surface area contributed by atoms with Gasteiger partial charge < -0.3 is 21.1 Å². The van der Waals surface area contributed by atoms with E-state index >= 15 is 0 Å². The number of rotatable bonds is 6. The first-order valence-electron chi connectivity index (χ1n) is 10.3. The average molecular weight is 440 g/mol. The number of thiazole rings is 1. The van der Waals surface area contributed by atoms with E-state index in [9.17, 15) is 9.59 Å². The molecule has 8 nitrogen and oxygen atoms in total. The summed E-state index contributed by atoms with van der Waals surface area (Å²) in [7, 11) is 0. The molecule has 0 aliphatic carbocycles. The van der Waals surface area contributed by atoms with Crippen molar-refractivity contribution in [1.82, 2.24) is 20.2 Å². The molecule has 1 saturated heterocycles. The molecule has 1 aliphatic rings. The number of carbonyl (C=O) groups excluding carboxylic acids is 1. The van der Waals surface area contributed by atoms with Gasteiger partial charge in [-0.25, -0.2) is 14.8 Å². The van der Waals surface area contributed by atoms with E-state index in [-0.39, 0.29) is 5.91 Å². The number of pyridine rings is 1. The lowest BCUT2D eigenvalue weighted by molar-refractivity contribution is 0.0950. The zero-order valence-electron chi connectivity index (χ0n) is 17.1. The van der Waals surface area contributed by atoms with Crippen LogP contribution < -0.4 is 11.1 Å². The normalized spacial score (nSPS) is 14.6. The van der Waals surface area contributed by atoms with Gasteiger partial charge in [0.15, 0.2) is 5.01 Å². The summed E-state index contributed by atoms with van der Waals surface area (Å²) in [4.78, 5) is 33.5. The number of hydrogen-bond donors (Lipinski definition) is 3. The zero-order valence-corrected chi connectivity index (χ0v) is 17.9. The molecule has 3 aromatic rings. The maximum atomic E-state index is 12.5. The van der Waals surface area contributed by atoms with Gasteiger partial charge in [0, 0.05) is 36.6 Å². The largest absolute Gasteiger partial charge is 0.465 e. The maximum absolute atomic E-state index is 12.5. The molecular formula is C22H25N5O3S. The smallest absolute Gasteiger partial charge is 0.407 e. The van der Waals surface area contributed by atoms with Crippen LogP contribution in [0.25, 0.3) is 10.8 Å². The van der Waals surface area contributed by atoms with Crippen LogP contribution in [-0.2, 0) is 13.0 Å². The van der Waals surface area contributed by atoms with Crippen molar-refractivity contribution in [2.75, 3.05) is 18.8 Å². The molecule has 2 aromatic heterocycles. The number of aromatic nitrogens is 2. The van der Waals surface area contributed by atoms with Crippen molar-refractivity contribution in [2.24, 2.45) is 5.92 Å². The second-order valence-corrected chi connectivity index (χ2v) is 8.69. The molecule has 1 aliphatic heterocycles. The molecular weight excluding hydrogens is 414 g/mol. The molecule has 2 amide bonds. The molecule has 31 heavy (non-hydrogen) atoms. The summed E-state index contributed by atoms with van der Waals surface area (Å²) in [6.45, 7) is 1.61. The van der Waals surface area contributed by atoms with Crippen molar-refractivity contribution in [2.45, 2.75) is 32.2 Å². The summed E-state index contributed by atoms with van der Waals surface area (Å²) in [5, 5.41) is 16.3. The number of anilines is 1. The van der Waals surface area contributed by atoms with Gasteiger partial charge in [0.2, 0.25) is 0 Å². The fourth-order valence-corrected chi connectivity index (χ4v) is 4.68. The van der Waals surface area contributed by atoms with E-state index in [1.54, 1.807) is 6.20 Å². The van der Waals surface area contributed by atoms with E-state index in [4.69, 9.17) is 10.8 Å². The number of nitrogens with zero attached hydrogens (tertiary/aromatic N) is 3. The standard InChI is InChI=1S/C22H25N5O3S/c23-19-18-4-2-15(11-16(18)5-8-24-19)12-25-20(28)21-26-17(13-31-21)3-1-14-6-9-27(10-7-14)22(29)30/h2,4-5,8,11,13-14H,1,3,6-7,9-10,12H2,(H2,23,24)(H,25,28)(H,29,30). The van der Waals surface area contributed by atoms with Gasteiger partial charge in [-0.15, -0.1) is 11.3 Å². The highest BCUT2D eigenvalue weighted by atomic mass is 32.1. The molecule has 1 fully saturated rings. The minimum Gasteiger partial charge on any atom is -0.465 e.